The van der Waals surface area contributed by atoms with Crippen molar-refractivity contribution in [2.45, 2.75) is 19.4 Å². The van der Waals surface area contributed by atoms with Crippen LogP contribution in [-0.4, -0.2) is 28.6 Å². The number of benzene rings is 1. The van der Waals surface area contributed by atoms with Crippen LogP contribution in [0.3, 0.4) is 0 Å². The predicted molar refractivity (Wildman–Crippen MR) is 67.9 cm³/mol. The SMILES string of the molecule is CN(c1cccc(C#N)c1[N+](=O)[O-])C(C)(C)C(=O)O. The maximum atomic E-state index is 11.2. The topological polar surface area (TPSA) is 107 Å². The molecular weight excluding hydrogens is 250 g/mol. The highest BCUT2D eigenvalue weighted by molar-refractivity contribution is 5.84. The molecule has 0 atom stereocenters. The Kier molecular flexibility index (Phi) is 3.75. The van der Waals surface area contributed by atoms with E-state index in [2.05, 4.69) is 0 Å². The fourth-order valence-corrected chi connectivity index (χ4v) is 1.53. The van der Waals surface area contributed by atoms with Gasteiger partial charge >= 0.3 is 11.7 Å². The minimum Gasteiger partial charge on any atom is -0.480 e. The summed E-state index contributed by atoms with van der Waals surface area (Å²) in [6.45, 7) is 2.86. The van der Waals surface area contributed by atoms with E-state index in [1.54, 1.807) is 6.07 Å². The van der Waals surface area contributed by atoms with Crippen molar-refractivity contribution in [3.05, 3.63) is 33.9 Å². The maximum absolute atomic E-state index is 11.2. The molecule has 0 saturated carbocycles. The number of anilines is 1. The number of nitro benzene ring substituents is 1. The Morgan fingerprint density at radius 2 is 2.11 bits per heavy atom. The van der Waals surface area contributed by atoms with Gasteiger partial charge in [-0.3, -0.25) is 10.1 Å². The number of rotatable bonds is 4. The first-order valence-corrected chi connectivity index (χ1v) is 5.38. The number of carboxylic acids is 1. The fourth-order valence-electron chi connectivity index (χ4n) is 1.53. The smallest absolute Gasteiger partial charge is 0.328 e. The summed E-state index contributed by atoms with van der Waals surface area (Å²) < 4.78 is 0. The Balaban J connectivity index is 3.48. The summed E-state index contributed by atoms with van der Waals surface area (Å²) in [7, 11) is 1.44. The van der Waals surface area contributed by atoms with Crippen molar-refractivity contribution in [1.82, 2.24) is 0 Å². The van der Waals surface area contributed by atoms with E-state index in [1.807, 2.05) is 0 Å². The Hall–Kier alpha value is -2.62. The Labute approximate surface area is 109 Å². The number of carbonyl (C=O) groups is 1. The van der Waals surface area contributed by atoms with Crippen molar-refractivity contribution >= 4 is 17.3 Å². The highest BCUT2D eigenvalue weighted by Crippen LogP contribution is 2.34. The molecule has 0 aliphatic heterocycles. The van der Waals surface area contributed by atoms with E-state index in [0.29, 0.717) is 0 Å². The molecule has 0 heterocycles. The average molecular weight is 263 g/mol. The van der Waals surface area contributed by atoms with Crippen LogP contribution >= 0.6 is 0 Å². The molecule has 19 heavy (non-hydrogen) atoms. The van der Waals surface area contributed by atoms with Gasteiger partial charge in [0.15, 0.2) is 0 Å². The van der Waals surface area contributed by atoms with E-state index in [4.69, 9.17) is 10.4 Å². The summed E-state index contributed by atoms with van der Waals surface area (Å²) in [5.41, 5.74) is -1.73. The first kappa shape index (κ1) is 14.4. The third-order valence-corrected chi connectivity index (χ3v) is 3.04. The normalized spacial score (nSPS) is 10.6. The fraction of sp³-hybridized carbons (Fsp3) is 0.333. The van der Waals surface area contributed by atoms with Crippen LogP contribution in [0.5, 0.6) is 0 Å². The molecule has 0 fully saturated rings. The van der Waals surface area contributed by atoms with Crippen molar-refractivity contribution < 1.29 is 14.8 Å². The Morgan fingerprint density at radius 1 is 1.53 bits per heavy atom. The van der Waals surface area contributed by atoms with Crippen LogP contribution in [0.2, 0.25) is 0 Å². The zero-order valence-electron chi connectivity index (χ0n) is 10.7. The van der Waals surface area contributed by atoms with Crippen LogP contribution in [0.25, 0.3) is 0 Å². The van der Waals surface area contributed by atoms with Gasteiger partial charge in [0.1, 0.15) is 22.9 Å². The molecular formula is C12H13N3O4. The monoisotopic (exact) mass is 263 g/mol. The van der Waals surface area contributed by atoms with Crippen molar-refractivity contribution in [2.24, 2.45) is 0 Å². The number of para-hydroxylation sites is 1. The highest BCUT2D eigenvalue weighted by Gasteiger charge is 2.36. The molecule has 0 aliphatic carbocycles. The standard InChI is InChI=1S/C12H13N3O4/c1-12(2,11(16)17)14(3)9-6-4-5-8(7-13)10(9)15(18)19/h4-6H,1-3H3,(H,16,17). The van der Waals surface area contributed by atoms with Gasteiger partial charge in [-0.15, -0.1) is 0 Å². The highest BCUT2D eigenvalue weighted by atomic mass is 16.6. The van der Waals surface area contributed by atoms with Crippen LogP contribution < -0.4 is 4.90 Å². The van der Waals surface area contributed by atoms with Crippen molar-refractivity contribution in [3.63, 3.8) is 0 Å². The number of hydrogen-bond acceptors (Lipinski definition) is 5. The number of hydrogen-bond donors (Lipinski definition) is 1. The molecule has 0 aliphatic rings. The largest absolute Gasteiger partial charge is 0.480 e. The van der Waals surface area contributed by atoms with Gasteiger partial charge in [0.05, 0.1) is 4.92 Å². The van der Waals surface area contributed by atoms with Gasteiger partial charge in [-0.25, -0.2) is 4.79 Å². The van der Waals surface area contributed by atoms with Crippen molar-refractivity contribution in [3.8, 4) is 6.07 Å². The first-order chi connectivity index (χ1) is 8.73. The predicted octanol–water partition coefficient (Wildman–Crippen LogP) is 1.77. The van der Waals surface area contributed by atoms with Crippen LogP contribution in [0.4, 0.5) is 11.4 Å². The van der Waals surface area contributed by atoms with E-state index in [9.17, 15) is 14.9 Å². The van der Waals surface area contributed by atoms with Gasteiger partial charge in [0.25, 0.3) is 0 Å². The molecule has 0 radical (unpaired) electrons. The molecule has 100 valence electrons. The summed E-state index contributed by atoms with van der Waals surface area (Å²) in [5, 5.41) is 29.1. The third kappa shape index (κ3) is 2.47. The van der Waals surface area contributed by atoms with Gasteiger partial charge in [-0.2, -0.15) is 5.26 Å². The lowest BCUT2D eigenvalue weighted by Gasteiger charge is -2.33. The van der Waals surface area contributed by atoms with E-state index in [1.165, 1.54) is 44.0 Å². The molecule has 1 aromatic carbocycles. The summed E-state index contributed by atoms with van der Waals surface area (Å²) >= 11 is 0. The molecule has 1 aromatic rings. The zero-order valence-corrected chi connectivity index (χ0v) is 10.7. The minimum atomic E-state index is -1.33. The Bertz CT molecular complexity index is 575. The van der Waals surface area contributed by atoms with E-state index in [-0.39, 0.29) is 16.9 Å². The molecule has 1 N–H and O–H groups in total. The molecule has 7 heteroatoms. The van der Waals surface area contributed by atoms with E-state index in [0.717, 1.165) is 0 Å². The molecule has 0 amide bonds. The summed E-state index contributed by atoms with van der Waals surface area (Å²) in [6, 6.07) is 5.96. The quantitative estimate of drug-likeness (QED) is 0.655. The summed E-state index contributed by atoms with van der Waals surface area (Å²) in [5.74, 6) is -1.12. The lowest BCUT2D eigenvalue weighted by atomic mass is 10.0. The van der Waals surface area contributed by atoms with Gasteiger partial charge < -0.3 is 10.0 Å². The van der Waals surface area contributed by atoms with Crippen LogP contribution in [0, 0.1) is 21.4 Å². The van der Waals surface area contributed by atoms with Gasteiger partial charge in [0, 0.05) is 7.05 Å². The third-order valence-electron chi connectivity index (χ3n) is 3.04. The average Bonchev–Trinajstić information content (AvgIpc) is 2.36. The second kappa shape index (κ2) is 4.94. The molecule has 0 bridgehead atoms. The van der Waals surface area contributed by atoms with Gasteiger partial charge in [-0.05, 0) is 26.0 Å². The molecule has 0 aromatic heterocycles. The van der Waals surface area contributed by atoms with E-state index < -0.39 is 16.4 Å². The molecule has 0 spiro atoms. The molecule has 0 unspecified atom stereocenters. The number of aliphatic carboxylic acids is 1. The zero-order chi connectivity index (χ0) is 14.8. The molecule has 7 nitrogen and oxygen atoms in total. The minimum absolute atomic E-state index is 0.0939. The number of nitriles is 1. The van der Waals surface area contributed by atoms with Crippen LogP contribution in [0.1, 0.15) is 19.4 Å². The van der Waals surface area contributed by atoms with Crippen molar-refractivity contribution in [1.29, 1.82) is 5.26 Å². The second-order valence-corrected chi connectivity index (χ2v) is 4.47. The number of nitrogens with zero attached hydrogens (tertiary/aromatic N) is 3. The van der Waals surface area contributed by atoms with Crippen molar-refractivity contribution in [2.75, 3.05) is 11.9 Å². The van der Waals surface area contributed by atoms with Gasteiger partial charge in [0.2, 0.25) is 0 Å². The second-order valence-electron chi connectivity index (χ2n) is 4.47. The van der Waals surface area contributed by atoms with Gasteiger partial charge in [-0.1, -0.05) is 6.07 Å². The number of nitro groups is 1. The van der Waals surface area contributed by atoms with Crippen LogP contribution in [-0.2, 0) is 4.79 Å². The first-order valence-electron chi connectivity index (χ1n) is 5.38. The number of carboxylic acid groups (broad SMARTS) is 1. The summed E-state index contributed by atoms with van der Waals surface area (Å²) in [6.07, 6.45) is 0. The Morgan fingerprint density at radius 3 is 2.53 bits per heavy atom. The maximum Gasteiger partial charge on any atom is 0.328 e. The van der Waals surface area contributed by atoms with Crippen LogP contribution in [0.15, 0.2) is 18.2 Å². The lowest BCUT2D eigenvalue weighted by molar-refractivity contribution is -0.384. The lowest BCUT2D eigenvalue weighted by Crippen LogP contribution is -2.48. The van der Waals surface area contributed by atoms with E-state index >= 15 is 0 Å². The summed E-state index contributed by atoms with van der Waals surface area (Å²) in [4.78, 5) is 22.9. The number of likely N-dealkylation sites (N-methyl/N-ethyl adjacent to an activating group) is 1. The molecule has 0 saturated heterocycles. The molecule has 1 rings (SSSR count).